The first kappa shape index (κ1) is 13.0. The lowest BCUT2D eigenvalue weighted by atomic mass is 10.2. The molecule has 104 valence electrons. The molecule has 2 aromatic rings. The number of aryl methyl sites for hydroxylation is 1. The van der Waals surface area contributed by atoms with Gasteiger partial charge >= 0.3 is 0 Å². The van der Waals surface area contributed by atoms with Gasteiger partial charge in [0.05, 0.1) is 0 Å². The highest BCUT2D eigenvalue weighted by atomic mass is 35.5. The van der Waals surface area contributed by atoms with Crippen LogP contribution in [0.25, 0.3) is 0 Å². The van der Waals surface area contributed by atoms with Crippen molar-refractivity contribution >= 4 is 17.4 Å². The number of nitrogens with one attached hydrogen (secondary N) is 1. The van der Waals surface area contributed by atoms with Gasteiger partial charge in [0.15, 0.2) is 11.5 Å². The molecule has 0 radical (unpaired) electrons. The average Bonchev–Trinajstić information content (AvgIpc) is 2.88. The number of nitrogens with zero attached hydrogens (tertiary/aromatic N) is 2. The standard InChI is InChI=1S/C14H14ClN3O2/c1-8-13(15)17-9(2)18-14(8)16-6-10-3-4-11-12(5-10)20-7-19-11/h3-5H,6-7H2,1-2H3,(H,16,17,18). The number of benzene rings is 1. The van der Waals surface area contributed by atoms with Gasteiger partial charge in [0.1, 0.15) is 16.8 Å². The molecule has 0 bridgehead atoms. The Morgan fingerprint density at radius 3 is 2.85 bits per heavy atom. The molecule has 5 nitrogen and oxygen atoms in total. The molecule has 0 saturated carbocycles. The summed E-state index contributed by atoms with van der Waals surface area (Å²) in [6, 6.07) is 5.86. The van der Waals surface area contributed by atoms with Gasteiger partial charge in [-0.25, -0.2) is 9.97 Å². The fourth-order valence-electron chi connectivity index (χ4n) is 2.00. The Morgan fingerprint density at radius 1 is 1.20 bits per heavy atom. The number of hydrogen-bond acceptors (Lipinski definition) is 5. The molecule has 0 atom stereocenters. The maximum Gasteiger partial charge on any atom is 0.231 e. The van der Waals surface area contributed by atoms with Gasteiger partial charge in [0.25, 0.3) is 0 Å². The van der Waals surface area contributed by atoms with Crippen molar-refractivity contribution in [2.24, 2.45) is 0 Å². The van der Waals surface area contributed by atoms with Crippen molar-refractivity contribution < 1.29 is 9.47 Å². The second kappa shape index (κ2) is 5.17. The summed E-state index contributed by atoms with van der Waals surface area (Å²) < 4.78 is 10.6. The number of hydrogen-bond donors (Lipinski definition) is 1. The van der Waals surface area contributed by atoms with Crippen molar-refractivity contribution in [2.45, 2.75) is 20.4 Å². The van der Waals surface area contributed by atoms with Crippen LogP contribution in [0.15, 0.2) is 18.2 Å². The first-order chi connectivity index (χ1) is 9.63. The molecule has 0 spiro atoms. The van der Waals surface area contributed by atoms with E-state index in [2.05, 4.69) is 15.3 Å². The zero-order chi connectivity index (χ0) is 14.1. The summed E-state index contributed by atoms with van der Waals surface area (Å²) in [5.74, 6) is 2.96. The largest absolute Gasteiger partial charge is 0.454 e. The first-order valence-corrected chi connectivity index (χ1v) is 6.64. The van der Waals surface area contributed by atoms with E-state index in [1.165, 1.54) is 0 Å². The summed E-state index contributed by atoms with van der Waals surface area (Å²) in [7, 11) is 0. The maximum atomic E-state index is 6.05. The number of aromatic nitrogens is 2. The Morgan fingerprint density at radius 2 is 2.00 bits per heavy atom. The van der Waals surface area contributed by atoms with Crippen LogP contribution in [-0.2, 0) is 6.54 Å². The molecule has 0 unspecified atom stereocenters. The minimum Gasteiger partial charge on any atom is -0.454 e. The molecule has 2 heterocycles. The minimum atomic E-state index is 0.284. The van der Waals surface area contributed by atoms with Gasteiger partial charge in [-0.2, -0.15) is 0 Å². The molecular formula is C14H14ClN3O2. The van der Waals surface area contributed by atoms with Crippen molar-refractivity contribution in [1.29, 1.82) is 0 Å². The minimum absolute atomic E-state index is 0.284. The van der Waals surface area contributed by atoms with Crippen LogP contribution >= 0.6 is 11.6 Å². The zero-order valence-corrected chi connectivity index (χ0v) is 12.0. The molecule has 3 rings (SSSR count). The molecule has 1 aliphatic rings. The Bertz CT molecular complexity index is 661. The maximum absolute atomic E-state index is 6.05. The fraction of sp³-hybridized carbons (Fsp3) is 0.286. The lowest BCUT2D eigenvalue weighted by Crippen LogP contribution is -2.05. The number of fused-ring (bicyclic) bond motifs is 1. The van der Waals surface area contributed by atoms with E-state index < -0.39 is 0 Å². The van der Waals surface area contributed by atoms with Crippen LogP contribution in [0, 0.1) is 13.8 Å². The summed E-state index contributed by atoms with van der Waals surface area (Å²) in [5, 5.41) is 3.75. The van der Waals surface area contributed by atoms with Crippen LogP contribution in [0.3, 0.4) is 0 Å². The van der Waals surface area contributed by atoms with Crippen LogP contribution in [0.5, 0.6) is 11.5 Å². The van der Waals surface area contributed by atoms with E-state index >= 15 is 0 Å². The highest BCUT2D eigenvalue weighted by Gasteiger charge is 2.13. The normalized spacial score (nSPS) is 12.6. The molecule has 20 heavy (non-hydrogen) atoms. The van der Waals surface area contributed by atoms with Gasteiger partial charge in [-0.3, -0.25) is 0 Å². The summed E-state index contributed by atoms with van der Waals surface area (Å²) in [6.45, 7) is 4.62. The Labute approximate surface area is 121 Å². The average molecular weight is 292 g/mol. The Balaban J connectivity index is 1.77. The molecule has 6 heteroatoms. The highest BCUT2D eigenvalue weighted by Crippen LogP contribution is 2.32. The van der Waals surface area contributed by atoms with E-state index in [1.54, 1.807) is 0 Å². The number of ether oxygens (including phenoxy) is 2. The van der Waals surface area contributed by atoms with E-state index in [0.717, 1.165) is 28.4 Å². The van der Waals surface area contributed by atoms with Gasteiger partial charge in [0, 0.05) is 12.1 Å². The predicted molar refractivity (Wildman–Crippen MR) is 76.4 cm³/mol. The molecule has 0 saturated heterocycles. The highest BCUT2D eigenvalue weighted by molar-refractivity contribution is 6.30. The molecule has 1 aromatic carbocycles. The van der Waals surface area contributed by atoms with Gasteiger partial charge in [-0.1, -0.05) is 17.7 Å². The van der Waals surface area contributed by atoms with Gasteiger partial charge in [-0.15, -0.1) is 0 Å². The van der Waals surface area contributed by atoms with E-state index in [4.69, 9.17) is 21.1 Å². The van der Waals surface area contributed by atoms with Crippen molar-refractivity contribution in [1.82, 2.24) is 9.97 Å². The predicted octanol–water partition coefficient (Wildman–Crippen LogP) is 3.09. The van der Waals surface area contributed by atoms with E-state index in [-0.39, 0.29) is 6.79 Å². The summed E-state index contributed by atoms with van der Waals surface area (Å²) in [4.78, 5) is 8.47. The van der Waals surface area contributed by atoms with E-state index in [9.17, 15) is 0 Å². The van der Waals surface area contributed by atoms with Gasteiger partial charge < -0.3 is 14.8 Å². The molecule has 1 aliphatic heterocycles. The molecule has 0 fully saturated rings. The van der Waals surface area contributed by atoms with Gasteiger partial charge in [0.2, 0.25) is 6.79 Å². The third-order valence-corrected chi connectivity index (χ3v) is 3.46. The number of rotatable bonds is 3. The molecule has 1 aromatic heterocycles. The fourth-order valence-corrected chi connectivity index (χ4v) is 2.21. The Kier molecular flexibility index (Phi) is 3.36. The van der Waals surface area contributed by atoms with Crippen LogP contribution < -0.4 is 14.8 Å². The Hall–Kier alpha value is -2.01. The van der Waals surface area contributed by atoms with Crippen molar-refractivity contribution in [3.05, 3.63) is 40.3 Å². The third kappa shape index (κ3) is 2.49. The molecule has 0 aliphatic carbocycles. The third-order valence-electron chi connectivity index (χ3n) is 3.10. The topological polar surface area (TPSA) is 56.3 Å². The SMILES string of the molecule is Cc1nc(Cl)c(C)c(NCc2ccc3c(c2)OCO3)n1. The number of halogens is 1. The van der Waals surface area contributed by atoms with Crippen molar-refractivity contribution in [2.75, 3.05) is 12.1 Å². The summed E-state index contributed by atoms with van der Waals surface area (Å²) >= 11 is 6.05. The first-order valence-electron chi connectivity index (χ1n) is 6.26. The second-order valence-corrected chi connectivity index (χ2v) is 4.93. The van der Waals surface area contributed by atoms with Crippen molar-refractivity contribution in [3.8, 4) is 11.5 Å². The molecule has 1 N–H and O–H groups in total. The van der Waals surface area contributed by atoms with Crippen molar-refractivity contribution in [3.63, 3.8) is 0 Å². The summed E-state index contributed by atoms with van der Waals surface area (Å²) in [6.07, 6.45) is 0. The quantitative estimate of drug-likeness (QED) is 0.881. The van der Waals surface area contributed by atoms with E-state index in [1.807, 2.05) is 32.0 Å². The van der Waals surface area contributed by atoms with Crippen LogP contribution in [0.1, 0.15) is 17.0 Å². The van der Waals surface area contributed by atoms with Crippen LogP contribution in [-0.4, -0.2) is 16.8 Å². The molecular weight excluding hydrogens is 278 g/mol. The van der Waals surface area contributed by atoms with Gasteiger partial charge in [-0.05, 0) is 31.5 Å². The second-order valence-electron chi connectivity index (χ2n) is 4.58. The number of anilines is 1. The lowest BCUT2D eigenvalue weighted by Gasteiger charge is -2.10. The molecule has 0 amide bonds. The smallest absolute Gasteiger partial charge is 0.231 e. The lowest BCUT2D eigenvalue weighted by molar-refractivity contribution is 0.174. The van der Waals surface area contributed by atoms with E-state index in [0.29, 0.717) is 17.5 Å². The summed E-state index contributed by atoms with van der Waals surface area (Å²) in [5.41, 5.74) is 1.93. The van der Waals surface area contributed by atoms with Crippen LogP contribution in [0.2, 0.25) is 5.15 Å². The monoisotopic (exact) mass is 291 g/mol. The zero-order valence-electron chi connectivity index (χ0n) is 11.2. The van der Waals surface area contributed by atoms with Crippen LogP contribution in [0.4, 0.5) is 5.82 Å².